The van der Waals surface area contributed by atoms with E-state index >= 15 is 0 Å². The van der Waals surface area contributed by atoms with E-state index in [1.165, 1.54) is 13.2 Å². The molecule has 0 radical (unpaired) electrons. The number of carbonyl (C=O) groups is 1. The van der Waals surface area contributed by atoms with E-state index in [0.717, 1.165) is 10.8 Å². The Labute approximate surface area is 149 Å². The van der Waals surface area contributed by atoms with Crippen LogP contribution in [0.3, 0.4) is 0 Å². The number of hydrogen-bond donors (Lipinski definition) is 2. The molecule has 0 saturated carbocycles. The highest BCUT2D eigenvalue weighted by Gasteiger charge is 2.16. The molecule has 0 aromatic heterocycles. The van der Waals surface area contributed by atoms with Crippen LogP contribution in [0.25, 0.3) is 10.8 Å². The Morgan fingerprint density at radius 3 is 2.52 bits per heavy atom. The summed E-state index contributed by atoms with van der Waals surface area (Å²) in [7, 11) is 3.04. The number of phenolic OH excluding ortho intramolecular Hbond substituents is 1. The van der Waals surface area contributed by atoms with Gasteiger partial charge < -0.3 is 19.9 Å². The SMILES string of the molecule is COc1cc(Cl)ccc1NC(=O)c1cc2cccc(OC)c2cc1O. The Hall–Kier alpha value is -2.92. The number of phenols is 1. The molecule has 5 nitrogen and oxygen atoms in total. The zero-order valence-electron chi connectivity index (χ0n) is 13.7. The number of amides is 1. The van der Waals surface area contributed by atoms with Crippen molar-refractivity contribution in [2.75, 3.05) is 19.5 Å². The molecule has 0 spiro atoms. The number of fused-ring (bicyclic) bond motifs is 1. The fourth-order valence-electron chi connectivity index (χ4n) is 2.60. The van der Waals surface area contributed by atoms with Gasteiger partial charge in [-0.15, -0.1) is 0 Å². The quantitative estimate of drug-likeness (QED) is 0.723. The van der Waals surface area contributed by atoms with E-state index in [4.69, 9.17) is 21.1 Å². The second kappa shape index (κ2) is 6.91. The summed E-state index contributed by atoms with van der Waals surface area (Å²) in [5.41, 5.74) is 0.611. The van der Waals surface area contributed by atoms with E-state index in [0.29, 0.717) is 22.2 Å². The molecule has 0 atom stereocenters. The number of methoxy groups -OCH3 is 2. The molecule has 0 unspecified atom stereocenters. The van der Waals surface area contributed by atoms with Gasteiger partial charge >= 0.3 is 0 Å². The number of anilines is 1. The molecule has 0 fully saturated rings. The molecule has 0 saturated heterocycles. The van der Waals surface area contributed by atoms with Gasteiger partial charge in [-0.25, -0.2) is 0 Å². The molecule has 0 aliphatic carbocycles. The zero-order valence-corrected chi connectivity index (χ0v) is 14.4. The fourth-order valence-corrected chi connectivity index (χ4v) is 2.77. The van der Waals surface area contributed by atoms with Crippen molar-refractivity contribution in [3.05, 3.63) is 59.1 Å². The summed E-state index contributed by atoms with van der Waals surface area (Å²) in [5, 5.41) is 15.0. The normalized spacial score (nSPS) is 10.5. The van der Waals surface area contributed by atoms with E-state index in [1.807, 2.05) is 12.1 Å². The summed E-state index contributed by atoms with van der Waals surface area (Å²) in [6.45, 7) is 0. The Kier molecular flexibility index (Phi) is 4.67. The predicted molar refractivity (Wildman–Crippen MR) is 98.1 cm³/mol. The van der Waals surface area contributed by atoms with Crippen LogP contribution in [0, 0.1) is 0 Å². The van der Waals surface area contributed by atoms with Crippen molar-refractivity contribution in [2.45, 2.75) is 0 Å². The highest BCUT2D eigenvalue weighted by Crippen LogP contribution is 2.33. The van der Waals surface area contributed by atoms with E-state index in [9.17, 15) is 9.90 Å². The molecular formula is C19H16ClNO4. The van der Waals surface area contributed by atoms with Gasteiger partial charge in [0.05, 0.1) is 25.5 Å². The molecule has 2 N–H and O–H groups in total. The van der Waals surface area contributed by atoms with Gasteiger partial charge in [0.1, 0.15) is 17.2 Å². The molecule has 6 heteroatoms. The summed E-state index contributed by atoms with van der Waals surface area (Å²) in [4.78, 5) is 12.6. The number of rotatable bonds is 4. The van der Waals surface area contributed by atoms with Crippen molar-refractivity contribution in [3.63, 3.8) is 0 Å². The third kappa shape index (κ3) is 3.32. The zero-order chi connectivity index (χ0) is 18.0. The van der Waals surface area contributed by atoms with Gasteiger partial charge in [0.15, 0.2) is 0 Å². The number of hydrogen-bond acceptors (Lipinski definition) is 4. The second-order valence-electron chi connectivity index (χ2n) is 5.35. The number of aromatic hydroxyl groups is 1. The molecule has 3 aromatic carbocycles. The molecule has 3 rings (SSSR count). The highest BCUT2D eigenvalue weighted by atomic mass is 35.5. The molecule has 3 aromatic rings. The number of halogens is 1. The Bertz CT molecular complexity index is 956. The minimum atomic E-state index is -0.456. The summed E-state index contributed by atoms with van der Waals surface area (Å²) < 4.78 is 10.5. The van der Waals surface area contributed by atoms with Crippen LogP contribution in [0.15, 0.2) is 48.5 Å². The first-order valence-corrected chi connectivity index (χ1v) is 7.86. The number of ether oxygens (including phenoxy) is 2. The molecule has 128 valence electrons. The van der Waals surface area contributed by atoms with Crippen LogP contribution in [0.2, 0.25) is 5.02 Å². The lowest BCUT2D eigenvalue weighted by Crippen LogP contribution is -2.13. The molecule has 0 aliphatic heterocycles. The minimum absolute atomic E-state index is 0.137. The smallest absolute Gasteiger partial charge is 0.259 e. The number of benzene rings is 3. The lowest BCUT2D eigenvalue weighted by atomic mass is 10.0. The first-order chi connectivity index (χ1) is 12.0. The standard InChI is InChI=1S/C19H16ClNO4/c1-24-17-5-3-4-11-8-14(16(22)10-13(11)17)19(23)21-15-7-6-12(20)9-18(15)25-2/h3-10,22H,1-2H3,(H,21,23). The third-order valence-electron chi connectivity index (χ3n) is 3.83. The van der Waals surface area contributed by atoms with Crippen molar-refractivity contribution in [1.29, 1.82) is 0 Å². The van der Waals surface area contributed by atoms with Crippen molar-refractivity contribution in [2.24, 2.45) is 0 Å². The summed E-state index contributed by atoms with van der Waals surface area (Å²) in [6, 6.07) is 13.5. The molecule has 0 bridgehead atoms. The lowest BCUT2D eigenvalue weighted by molar-refractivity contribution is 0.102. The largest absolute Gasteiger partial charge is 0.507 e. The maximum Gasteiger partial charge on any atom is 0.259 e. The van der Waals surface area contributed by atoms with Crippen LogP contribution >= 0.6 is 11.6 Å². The molecular weight excluding hydrogens is 342 g/mol. The molecule has 25 heavy (non-hydrogen) atoms. The van der Waals surface area contributed by atoms with E-state index in [-0.39, 0.29) is 11.3 Å². The van der Waals surface area contributed by atoms with E-state index in [2.05, 4.69) is 5.32 Å². The maximum absolute atomic E-state index is 12.6. The van der Waals surface area contributed by atoms with Gasteiger partial charge in [0.25, 0.3) is 5.91 Å². The molecule has 1 amide bonds. The van der Waals surface area contributed by atoms with Crippen molar-refractivity contribution in [1.82, 2.24) is 0 Å². The molecule has 0 heterocycles. The van der Waals surface area contributed by atoms with Crippen LogP contribution in [0.4, 0.5) is 5.69 Å². The van der Waals surface area contributed by atoms with Crippen molar-refractivity contribution >= 4 is 34.0 Å². The predicted octanol–water partition coefficient (Wildman–Crippen LogP) is 4.47. The number of carbonyl (C=O) groups excluding carboxylic acids is 1. The first kappa shape index (κ1) is 16.9. The van der Waals surface area contributed by atoms with Crippen molar-refractivity contribution in [3.8, 4) is 17.2 Å². The Morgan fingerprint density at radius 2 is 1.80 bits per heavy atom. The van der Waals surface area contributed by atoms with Gasteiger partial charge in [-0.3, -0.25) is 4.79 Å². The Balaban J connectivity index is 1.99. The summed E-state index contributed by atoms with van der Waals surface area (Å²) in [6.07, 6.45) is 0. The van der Waals surface area contributed by atoms with Crippen LogP contribution in [0.1, 0.15) is 10.4 Å². The van der Waals surface area contributed by atoms with Crippen LogP contribution in [0.5, 0.6) is 17.2 Å². The average molecular weight is 358 g/mol. The third-order valence-corrected chi connectivity index (χ3v) is 4.07. The maximum atomic E-state index is 12.6. The topological polar surface area (TPSA) is 67.8 Å². The van der Waals surface area contributed by atoms with E-state index in [1.54, 1.807) is 37.4 Å². The second-order valence-corrected chi connectivity index (χ2v) is 5.79. The first-order valence-electron chi connectivity index (χ1n) is 7.48. The summed E-state index contributed by atoms with van der Waals surface area (Å²) in [5.74, 6) is 0.465. The monoisotopic (exact) mass is 357 g/mol. The van der Waals surface area contributed by atoms with Crippen LogP contribution in [-0.4, -0.2) is 25.2 Å². The lowest BCUT2D eigenvalue weighted by Gasteiger charge is -2.12. The molecule has 0 aliphatic rings. The van der Waals surface area contributed by atoms with Crippen LogP contribution < -0.4 is 14.8 Å². The van der Waals surface area contributed by atoms with Gasteiger partial charge in [-0.05, 0) is 35.7 Å². The van der Waals surface area contributed by atoms with E-state index < -0.39 is 5.91 Å². The fraction of sp³-hybridized carbons (Fsp3) is 0.105. The van der Waals surface area contributed by atoms with Gasteiger partial charge in [0, 0.05) is 16.5 Å². The van der Waals surface area contributed by atoms with Gasteiger partial charge in [-0.2, -0.15) is 0 Å². The minimum Gasteiger partial charge on any atom is -0.507 e. The number of nitrogens with one attached hydrogen (secondary N) is 1. The average Bonchev–Trinajstić information content (AvgIpc) is 2.61. The van der Waals surface area contributed by atoms with Crippen molar-refractivity contribution < 1.29 is 19.4 Å². The summed E-state index contributed by atoms with van der Waals surface area (Å²) >= 11 is 5.92. The van der Waals surface area contributed by atoms with Gasteiger partial charge in [-0.1, -0.05) is 23.7 Å². The van der Waals surface area contributed by atoms with Gasteiger partial charge in [0.2, 0.25) is 0 Å². The highest BCUT2D eigenvalue weighted by molar-refractivity contribution is 6.30. The Morgan fingerprint density at radius 1 is 1.04 bits per heavy atom. The van der Waals surface area contributed by atoms with Crippen LogP contribution in [-0.2, 0) is 0 Å².